The summed E-state index contributed by atoms with van der Waals surface area (Å²) in [6.07, 6.45) is -0.517. The fourth-order valence-corrected chi connectivity index (χ4v) is 5.58. The third-order valence-electron chi connectivity index (χ3n) is 3.36. The van der Waals surface area contributed by atoms with Crippen molar-refractivity contribution in [2.75, 3.05) is 23.5 Å². The van der Waals surface area contributed by atoms with E-state index >= 15 is 0 Å². The van der Waals surface area contributed by atoms with E-state index in [1.54, 1.807) is 0 Å². The molecule has 0 saturated carbocycles. The zero-order valence-electron chi connectivity index (χ0n) is 12.5. The number of rotatable bonds is 13. The molecule has 1 atom stereocenters. The van der Waals surface area contributed by atoms with Crippen LogP contribution in [0.4, 0.5) is 0 Å². The highest BCUT2D eigenvalue weighted by molar-refractivity contribution is 7.60. The van der Waals surface area contributed by atoms with Crippen LogP contribution in [0.2, 0.25) is 0 Å². The quantitative estimate of drug-likeness (QED) is 0.237. The Labute approximate surface area is 160 Å². The molecule has 0 fully saturated rings. The summed E-state index contributed by atoms with van der Waals surface area (Å²) in [5.74, 6) is -0.310. The van der Waals surface area contributed by atoms with E-state index in [1.807, 2.05) is 0 Å². The minimum absolute atomic E-state index is 0.0435. The second-order valence-corrected chi connectivity index (χ2v) is 9.18. The predicted octanol–water partition coefficient (Wildman–Crippen LogP) is 3.20. The van der Waals surface area contributed by atoms with Crippen molar-refractivity contribution in [3.63, 3.8) is 0 Å². The molecule has 0 amide bonds. The van der Waals surface area contributed by atoms with Crippen LogP contribution in [0.25, 0.3) is 0 Å². The first-order chi connectivity index (χ1) is 10.9. The minimum Gasteiger partial charge on any atom is -0.387 e. The van der Waals surface area contributed by atoms with Crippen molar-refractivity contribution in [1.82, 2.24) is 0 Å². The zero-order valence-corrected chi connectivity index (χ0v) is 17.3. The first-order valence-corrected chi connectivity index (χ1v) is 11.8. The Balaban J connectivity index is 5.93. The molecular weight excluding hydrogens is 452 g/mol. The third-order valence-corrected chi connectivity index (χ3v) is 6.37. The monoisotopic (exact) mass is 470 g/mol. The largest absolute Gasteiger partial charge is 0.481 e. The molecule has 0 aliphatic carbocycles. The van der Waals surface area contributed by atoms with Crippen molar-refractivity contribution < 1.29 is 37.8 Å². The van der Waals surface area contributed by atoms with Gasteiger partial charge in [-0.25, -0.2) is 9.13 Å². The SMILES string of the molecule is O=P(O)(O)OP(=O)(O)OC(CCCl)(CCCl)C(O)(CCCl)CCCl. The van der Waals surface area contributed by atoms with Gasteiger partial charge < -0.3 is 19.8 Å². The van der Waals surface area contributed by atoms with E-state index in [2.05, 4.69) is 4.31 Å². The van der Waals surface area contributed by atoms with Crippen molar-refractivity contribution in [2.45, 2.75) is 36.9 Å². The second kappa shape index (κ2) is 10.6. The lowest BCUT2D eigenvalue weighted by molar-refractivity contribution is -0.150. The third kappa shape index (κ3) is 7.95. The lowest BCUT2D eigenvalue weighted by Gasteiger charge is -2.46. The van der Waals surface area contributed by atoms with Gasteiger partial charge in [0.05, 0.1) is 5.60 Å². The Bertz CT molecular complexity index is 462. The fraction of sp³-hybridized carbons (Fsp3) is 1.00. The van der Waals surface area contributed by atoms with E-state index < -0.39 is 26.8 Å². The van der Waals surface area contributed by atoms with Crippen molar-refractivity contribution in [1.29, 1.82) is 0 Å². The Morgan fingerprint density at radius 1 is 0.792 bits per heavy atom. The van der Waals surface area contributed by atoms with Crippen molar-refractivity contribution in [3.05, 3.63) is 0 Å². The van der Waals surface area contributed by atoms with Gasteiger partial charge in [0.1, 0.15) is 5.60 Å². The maximum atomic E-state index is 12.0. The Hall–Kier alpha value is 1.38. The molecule has 24 heavy (non-hydrogen) atoms. The van der Waals surface area contributed by atoms with Gasteiger partial charge in [-0.2, -0.15) is 4.31 Å². The molecule has 0 heterocycles. The molecular formula is C10H20Cl4O8P2. The van der Waals surface area contributed by atoms with E-state index in [1.165, 1.54) is 0 Å². The van der Waals surface area contributed by atoms with Crippen LogP contribution in [0.1, 0.15) is 25.7 Å². The lowest BCUT2D eigenvalue weighted by atomic mass is 9.75. The first-order valence-electron chi connectivity index (χ1n) is 6.67. The van der Waals surface area contributed by atoms with Crippen LogP contribution in [0, 0.1) is 0 Å². The van der Waals surface area contributed by atoms with E-state index in [0.29, 0.717) is 0 Å². The summed E-state index contributed by atoms with van der Waals surface area (Å²) < 4.78 is 31.7. The normalized spacial score (nSPS) is 16.2. The molecule has 0 rings (SSSR count). The molecule has 14 heteroatoms. The van der Waals surface area contributed by atoms with Gasteiger partial charge >= 0.3 is 15.6 Å². The van der Waals surface area contributed by atoms with Gasteiger partial charge in [-0.15, -0.1) is 46.4 Å². The summed E-state index contributed by atoms with van der Waals surface area (Å²) in [7, 11) is -10.6. The smallest absolute Gasteiger partial charge is 0.387 e. The number of hydrogen-bond donors (Lipinski definition) is 4. The molecule has 0 aliphatic heterocycles. The number of hydrogen-bond acceptors (Lipinski definition) is 5. The van der Waals surface area contributed by atoms with E-state index in [9.17, 15) is 19.1 Å². The summed E-state index contributed by atoms with van der Waals surface area (Å²) in [5, 5.41) is 11.0. The Kier molecular flexibility index (Phi) is 11.3. The van der Waals surface area contributed by atoms with Gasteiger partial charge in [-0.3, -0.25) is 4.52 Å². The second-order valence-electron chi connectivity index (χ2n) is 4.91. The van der Waals surface area contributed by atoms with Crippen LogP contribution >= 0.6 is 62.0 Å². The van der Waals surface area contributed by atoms with Crippen LogP contribution < -0.4 is 0 Å². The van der Waals surface area contributed by atoms with Crippen molar-refractivity contribution >= 4 is 62.0 Å². The fourth-order valence-electron chi connectivity index (χ4n) is 2.34. The van der Waals surface area contributed by atoms with Gasteiger partial charge in [0.25, 0.3) is 0 Å². The van der Waals surface area contributed by atoms with Gasteiger partial charge in [-0.05, 0) is 25.7 Å². The lowest BCUT2D eigenvalue weighted by Crippen LogP contribution is -2.56. The van der Waals surface area contributed by atoms with Crippen LogP contribution in [0.5, 0.6) is 0 Å². The molecule has 4 N–H and O–H groups in total. The molecule has 0 saturated heterocycles. The van der Waals surface area contributed by atoms with E-state index in [-0.39, 0.29) is 49.2 Å². The van der Waals surface area contributed by atoms with Crippen LogP contribution in [-0.2, 0) is 18.0 Å². The molecule has 8 nitrogen and oxygen atoms in total. The highest BCUT2D eigenvalue weighted by atomic mass is 35.5. The summed E-state index contributed by atoms with van der Waals surface area (Å²) in [4.78, 5) is 27.2. The number of halogens is 4. The van der Waals surface area contributed by atoms with Gasteiger partial charge in [0.2, 0.25) is 0 Å². The van der Waals surface area contributed by atoms with Crippen LogP contribution in [-0.4, -0.2) is 54.5 Å². The zero-order chi connectivity index (χ0) is 19.1. The molecule has 0 aromatic rings. The number of alkyl halides is 4. The van der Waals surface area contributed by atoms with Gasteiger partial charge in [0, 0.05) is 23.5 Å². The Morgan fingerprint density at radius 3 is 1.46 bits per heavy atom. The van der Waals surface area contributed by atoms with Gasteiger partial charge in [-0.1, -0.05) is 0 Å². The maximum Gasteiger partial charge on any atom is 0.481 e. The average Bonchev–Trinajstić information content (AvgIpc) is 2.36. The average molecular weight is 472 g/mol. The topological polar surface area (TPSA) is 134 Å². The van der Waals surface area contributed by atoms with Crippen LogP contribution in [0.15, 0.2) is 0 Å². The number of phosphoric acid groups is 2. The van der Waals surface area contributed by atoms with E-state index in [4.69, 9.17) is 60.7 Å². The molecule has 0 aliphatic rings. The van der Waals surface area contributed by atoms with Crippen molar-refractivity contribution in [3.8, 4) is 0 Å². The van der Waals surface area contributed by atoms with Gasteiger partial charge in [0.15, 0.2) is 0 Å². The first kappa shape index (κ1) is 25.4. The minimum atomic E-state index is -5.33. The maximum absolute atomic E-state index is 12.0. The molecule has 0 spiro atoms. The highest BCUT2D eigenvalue weighted by Gasteiger charge is 2.54. The Morgan fingerprint density at radius 2 is 1.17 bits per heavy atom. The summed E-state index contributed by atoms with van der Waals surface area (Å²) in [6.45, 7) is 0. The highest BCUT2D eigenvalue weighted by Crippen LogP contribution is 2.61. The molecule has 0 bridgehead atoms. The van der Waals surface area contributed by atoms with E-state index in [0.717, 1.165) is 0 Å². The standard InChI is InChI=1S/C10H20Cl4O8P2/c11-5-1-9(15,2-6-12)10(3-7-13,4-8-14)21-24(19,20)22-23(16,17)18/h15H,1-8H2,(H,19,20)(H2,16,17,18). The molecule has 0 aromatic carbocycles. The molecule has 146 valence electrons. The van der Waals surface area contributed by atoms with Crippen molar-refractivity contribution in [2.24, 2.45) is 0 Å². The number of phosphoric ester groups is 1. The number of aliphatic hydroxyl groups is 1. The summed E-state index contributed by atoms with van der Waals surface area (Å²) in [6, 6.07) is 0. The summed E-state index contributed by atoms with van der Waals surface area (Å²) >= 11 is 22.8. The molecule has 0 aromatic heterocycles. The van der Waals surface area contributed by atoms with Crippen LogP contribution in [0.3, 0.4) is 0 Å². The molecule has 1 unspecified atom stereocenters. The molecule has 0 radical (unpaired) electrons. The summed E-state index contributed by atoms with van der Waals surface area (Å²) in [5.41, 5.74) is -3.67. The predicted molar refractivity (Wildman–Crippen MR) is 93.1 cm³/mol.